The third-order valence-electron chi connectivity index (χ3n) is 2.63. The predicted molar refractivity (Wildman–Crippen MR) is 74.1 cm³/mol. The molecule has 19 heavy (non-hydrogen) atoms. The highest BCUT2D eigenvalue weighted by Crippen LogP contribution is 2.13. The first-order valence-corrected chi connectivity index (χ1v) is 6.04. The molecule has 0 unspecified atom stereocenters. The second-order valence-corrected chi connectivity index (χ2v) is 4.37. The monoisotopic (exact) mass is 259 g/mol. The summed E-state index contributed by atoms with van der Waals surface area (Å²) in [5.41, 5.74) is 1.08. The van der Waals surface area contributed by atoms with E-state index < -0.39 is 0 Å². The molecule has 0 aliphatic rings. The van der Waals surface area contributed by atoms with E-state index in [1.807, 2.05) is 31.4 Å². The number of Topliss-reactive ketones (excluding diaryl/α,β-unsaturated/α-hetero) is 1. The summed E-state index contributed by atoms with van der Waals surface area (Å²) in [6.07, 6.45) is 3.37. The Morgan fingerprint density at radius 1 is 1.47 bits per heavy atom. The lowest BCUT2D eigenvalue weighted by Gasteiger charge is -2.16. The molecule has 0 fully saturated rings. The number of H-pyrrole nitrogens is 1. The quantitative estimate of drug-likeness (QED) is 0.821. The maximum atomic E-state index is 11.1. The molecule has 0 aliphatic heterocycles. The van der Waals surface area contributed by atoms with E-state index in [-0.39, 0.29) is 5.78 Å². The first-order valence-electron chi connectivity index (χ1n) is 6.04. The zero-order chi connectivity index (χ0) is 13.7. The maximum absolute atomic E-state index is 11.1. The van der Waals surface area contributed by atoms with Crippen molar-refractivity contribution in [3.63, 3.8) is 0 Å². The van der Waals surface area contributed by atoms with Crippen molar-refractivity contribution in [3.8, 4) is 0 Å². The maximum Gasteiger partial charge on any atom is 0.149 e. The van der Waals surface area contributed by atoms with Crippen molar-refractivity contribution in [1.29, 1.82) is 0 Å². The van der Waals surface area contributed by atoms with E-state index in [9.17, 15) is 4.79 Å². The van der Waals surface area contributed by atoms with Crippen LogP contribution in [0.1, 0.15) is 12.6 Å². The van der Waals surface area contributed by atoms with Crippen LogP contribution in [0.3, 0.4) is 0 Å². The van der Waals surface area contributed by atoms with Gasteiger partial charge in [-0.2, -0.15) is 0 Å². The number of hydrogen-bond acceptors (Lipinski definition) is 5. The van der Waals surface area contributed by atoms with Crippen LogP contribution in [0.25, 0.3) is 0 Å². The van der Waals surface area contributed by atoms with Crippen molar-refractivity contribution in [1.82, 2.24) is 15.0 Å². The Bertz CT molecular complexity index is 538. The van der Waals surface area contributed by atoms with Crippen LogP contribution < -0.4 is 10.2 Å². The normalized spacial score (nSPS) is 10.2. The van der Waals surface area contributed by atoms with Crippen LogP contribution in [-0.4, -0.2) is 34.3 Å². The summed E-state index contributed by atoms with van der Waals surface area (Å²) in [6.45, 7) is 2.56. The lowest BCUT2D eigenvalue weighted by Crippen LogP contribution is -2.24. The fourth-order valence-corrected chi connectivity index (χ4v) is 1.73. The van der Waals surface area contributed by atoms with Crippen LogP contribution in [0.4, 0.5) is 11.6 Å². The third-order valence-corrected chi connectivity index (χ3v) is 2.63. The summed E-state index contributed by atoms with van der Waals surface area (Å²) in [4.78, 5) is 24.3. The van der Waals surface area contributed by atoms with Crippen LogP contribution >= 0.6 is 0 Å². The van der Waals surface area contributed by atoms with Gasteiger partial charge in [0.2, 0.25) is 0 Å². The second-order valence-electron chi connectivity index (χ2n) is 4.37. The molecule has 2 heterocycles. The predicted octanol–water partition coefficient (Wildman–Crippen LogP) is 1.44. The molecule has 0 radical (unpaired) electrons. The van der Waals surface area contributed by atoms with Gasteiger partial charge in [-0.3, -0.25) is 4.79 Å². The Balaban J connectivity index is 2.00. The van der Waals surface area contributed by atoms with Gasteiger partial charge < -0.3 is 15.2 Å². The highest BCUT2D eigenvalue weighted by molar-refractivity contribution is 5.80. The number of hydrogen-bond donors (Lipinski definition) is 2. The molecule has 0 amide bonds. The van der Waals surface area contributed by atoms with Crippen molar-refractivity contribution in [3.05, 3.63) is 36.4 Å². The number of rotatable bonds is 6. The van der Waals surface area contributed by atoms with E-state index in [0.29, 0.717) is 13.1 Å². The smallest absolute Gasteiger partial charge is 0.149 e. The summed E-state index contributed by atoms with van der Waals surface area (Å²) >= 11 is 0. The summed E-state index contributed by atoms with van der Waals surface area (Å²) in [5, 5.41) is 3.20. The number of carbonyl (C=O) groups is 1. The molecule has 6 heteroatoms. The van der Waals surface area contributed by atoms with Crippen molar-refractivity contribution in [2.45, 2.75) is 13.5 Å². The summed E-state index contributed by atoms with van der Waals surface area (Å²) < 4.78 is 0. The second kappa shape index (κ2) is 5.99. The van der Waals surface area contributed by atoms with Gasteiger partial charge in [-0.05, 0) is 19.1 Å². The van der Waals surface area contributed by atoms with E-state index in [0.717, 1.165) is 17.3 Å². The van der Waals surface area contributed by atoms with Crippen LogP contribution in [0.15, 0.2) is 30.7 Å². The Morgan fingerprint density at radius 3 is 3.00 bits per heavy atom. The van der Waals surface area contributed by atoms with Gasteiger partial charge in [0.25, 0.3) is 0 Å². The number of aromatic amines is 1. The molecule has 0 atom stereocenters. The Morgan fingerprint density at radius 2 is 2.32 bits per heavy atom. The summed E-state index contributed by atoms with van der Waals surface area (Å²) in [6, 6.07) is 5.77. The van der Waals surface area contributed by atoms with E-state index in [4.69, 9.17) is 0 Å². The lowest BCUT2D eigenvalue weighted by atomic mass is 10.4. The lowest BCUT2D eigenvalue weighted by molar-refractivity contribution is -0.115. The Kier molecular flexibility index (Phi) is 4.12. The molecule has 2 aromatic heterocycles. The van der Waals surface area contributed by atoms with Crippen molar-refractivity contribution < 1.29 is 4.79 Å². The van der Waals surface area contributed by atoms with Crippen LogP contribution in [0.2, 0.25) is 0 Å². The highest BCUT2D eigenvalue weighted by Gasteiger charge is 2.06. The molecule has 100 valence electrons. The number of nitrogens with one attached hydrogen (secondary N) is 2. The van der Waals surface area contributed by atoms with Gasteiger partial charge in [0.05, 0.1) is 13.1 Å². The fraction of sp³-hybridized carbons (Fsp3) is 0.308. The minimum absolute atomic E-state index is 0.0991. The molecular weight excluding hydrogens is 242 g/mol. The van der Waals surface area contributed by atoms with Gasteiger partial charge in [-0.1, -0.05) is 0 Å². The number of carbonyl (C=O) groups excluding carboxylic acids is 1. The number of nitrogens with zero attached hydrogens (tertiary/aromatic N) is 3. The van der Waals surface area contributed by atoms with Gasteiger partial charge in [0.15, 0.2) is 0 Å². The Labute approximate surface area is 111 Å². The molecule has 2 rings (SSSR count). The largest absolute Gasteiger partial charge is 0.364 e. The summed E-state index contributed by atoms with van der Waals surface area (Å²) in [7, 11) is 1.83. The molecule has 6 nitrogen and oxygen atoms in total. The average Bonchev–Trinajstić information content (AvgIpc) is 2.89. The molecule has 2 aromatic rings. The molecule has 0 bridgehead atoms. The van der Waals surface area contributed by atoms with Crippen molar-refractivity contribution in [2.75, 3.05) is 23.8 Å². The molecular formula is C13H17N5O. The summed E-state index contributed by atoms with van der Waals surface area (Å²) in [5.74, 6) is 1.55. The topological polar surface area (TPSA) is 73.9 Å². The van der Waals surface area contributed by atoms with Gasteiger partial charge in [-0.15, -0.1) is 0 Å². The molecule has 0 saturated heterocycles. The Hall–Kier alpha value is -2.37. The van der Waals surface area contributed by atoms with E-state index in [1.54, 1.807) is 11.8 Å². The first kappa shape index (κ1) is 13.1. The van der Waals surface area contributed by atoms with Gasteiger partial charge in [-0.25, -0.2) is 9.97 Å². The van der Waals surface area contributed by atoms with E-state index in [2.05, 4.69) is 20.3 Å². The molecule has 0 saturated carbocycles. The average molecular weight is 259 g/mol. The van der Waals surface area contributed by atoms with Crippen LogP contribution in [0, 0.1) is 0 Å². The van der Waals surface area contributed by atoms with Crippen molar-refractivity contribution in [2.24, 2.45) is 0 Å². The SMILES string of the molecule is CC(=O)CN(C)c1cc(NCc2ccc[nH]2)ncn1. The molecule has 0 aromatic carbocycles. The zero-order valence-electron chi connectivity index (χ0n) is 11.1. The van der Waals surface area contributed by atoms with Crippen LogP contribution in [0.5, 0.6) is 0 Å². The van der Waals surface area contributed by atoms with Gasteiger partial charge >= 0.3 is 0 Å². The molecule has 2 N–H and O–H groups in total. The van der Waals surface area contributed by atoms with Crippen molar-refractivity contribution >= 4 is 17.4 Å². The van der Waals surface area contributed by atoms with Crippen LogP contribution in [-0.2, 0) is 11.3 Å². The number of anilines is 2. The third kappa shape index (κ3) is 3.80. The zero-order valence-corrected chi connectivity index (χ0v) is 11.1. The number of aromatic nitrogens is 3. The number of likely N-dealkylation sites (N-methyl/N-ethyl adjacent to an activating group) is 1. The molecule has 0 aliphatic carbocycles. The minimum Gasteiger partial charge on any atom is -0.364 e. The number of ketones is 1. The standard InChI is InChI=1S/C13H17N5O/c1-10(19)8-18(2)13-6-12(16-9-17-13)15-7-11-4-3-5-14-11/h3-6,9,14H,7-8H2,1-2H3,(H,15,16,17). The van der Waals surface area contributed by atoms with E-state index >= 15 is 0 Å². The first-order chi connectivity index (χ1) is 9.15. The highest BCUT2D eigenvalue weighted by atomic mass is 16.1. The van der Waals surface area contributed by atoms with E-state index in [1.165, 1.54) is 6.33 Å². The fourth-order valence-electron chi connectivity index (χ4n) is 1.73. The minimum atomic E-state index is 0.0991. The molecule has 0 spiro atoms. The van der Waals surface area contributed by atoms with Gasteiger partial charge in [0, 0.05) is 25.0 Å². The van der Waals surface area contributed by atoms with Gasteiger partial charge in [0.1, 0.15) is 23.7 Å².